The number of rotatable bonds is 4. The maximum absolute atomic E-state index is 14.5. The Labute approximate surface area is 197 Å². The monoisotopic (exact) mass is 469 g/mol. The number of aromatic nitrogens is 2. The van der Waals surface area contributed by atoms with Gasteiger partial charge in [0, 0.05) is 56.6 Å². The Bertz CT molecular complexity index is 1020. The summed E-state index contributed by atoms with van der Waals surface area (Å²) < 4.78 is 14.5. The topological polar surface area (TPSA) is 116 Å². The van der Waals surface area contributed by atoms with Gasteiger partial charge < -0.3 is 20.2 Å². The number of pyridine rings is 2. The summed E-state index contributed by atoms with van der Waals surface area (Å²) in [5, 5.41) is 9.90. The molecule has 3 saturated heterocycles. The van der Waals surface area contributed by atoms with Crippen LogP contribution in [0.5, 0.6) is 0 Å². The van der Waals surface area contributed by atoms with Gasteiger partial charge in [0.2, 0.25) is 11.8 Å². The molecule has 4 atom stereocenters. The number of nitrogens with one attached hydrogen (secondary N) is 1. The number of hydrogen-bond acceptors (Lipinski definition) is 6. The van der Waals surface area contributed by atoms with Gasteiger partial charge in [-0.15, -0.1) is 0 Å². The van der Waals surface area contributed by atoms with Gasteiger partial charge in [0.1, 0.15) is 6.04 Å². The van der Waals surface area contributed by atoms with E-state index in [9.17, 15) is 14.0 Å². The molecule has 0 spiro atoms. The summed E-state index contributed by atoms with van der Waals surface area (Å²) in [6.07, 6.45) is 9.34. The van der Waals surface area contributed by atoms with Crippen molar-refractivity contribution in [1.29, 1.82) is 0 Å². The lowest BCUT2D eigenvalue weighted by molar-refractivity contribution is -0.156. The van der Waals surface area contributed by atoms with E-state index in [4.69, 9.17) is 9.90 Å². The van der Waals surface area contributed by atoms with Crippen molar-refractivity contribution in [3.05, 3.63) is 54.4 Å². The number of nitrogens with zero attached hydrogens (tertiary/aromatic N) is 4. The second-order valence-electron chi connectivity index (χ2n) is 8.88. The van der Waals surface area contributed by atoms with Crippen molar-refractivity contribution in [2.24, 2.45) is 11.8 Å². The largest absolute Gasteiger partial charge is 0.483 e. The van der Waals surface area contributed by atoms with E-state index in [1.54, 1.807) is 24.7 Å². The van der Waals surface area contributed by atoms with E-state index < -0.39 is 6.04 Å². The molecule has 180 valence electrons. The first-order chi connectivity index (χ1) is 16.5. The van der Waals surface area contributed by atoms with Gasteiger partial charge in [0.05, 0.1) is 11.9 Å². The highest BCUT2D eigenvalue weighted by Gasteiger charge is 2.52. The summed E-state index contributed by atoms with van der Waals surface area (Å²) >= 11 is 0. The summed E-state index contributed by atoms with van der Waals surface area (Å²) in [5.41, 5.74) is 1.44. The molecule has 3 aliphatic heterocycles. The quantitative estimate of drug-likeness (QED) is 0.657. The zero-order chi connectivity index (χ0) is 24.1. The standard InChI is InChI=1S/C23H26FN5O2.CH2O2/c24-18-12-26-8-6-20(18)28-13-16-9-17(14-28)22(29-19(16)4-1-5-21(29)30)23(31)27-11-15-3-2-7-25-10-15;2-1-3/h2-3,6-8,10,12,16-17,19,22H,1,4-5,9,11,13-14H2,(H,27,31);1H,(H,2,3)/t16-,17+,19+,22-;/m1./s1. The average Bonchev–Trinajstić information content (AvgIpc) is 2.85. The van der Waals surface area contributed by atoms with Crippen LogP contribution >= 0.6 is 0 Å². The van der Waals surface area contributed by atoms with E-state index in [1.807, 2.05) is 21.9 Å². The minimum Gasteiger partial charge on any atom is -0.483 e. The summed E-state index contributed by atoms with van der Waals surface area (Å²) in [6.45, 7) is 1.35. The maximum Gasteiger partial charge on any atom is 0.290 e. The molecule has 34 heavy (non-hydrogen) atoms. The fourth-order valence-corrected chi connectivity index (χ4v) is 5.61. The van der Waals surface area contributed by atoms with Gasteiger partial charge in [-0.2, -0.15) is 0 Å². The molecule has 3 fully saturated rings. The highest BCUT2D eigenvalue weighted by atomic mass is 19.1. The summed E-state index contributed by atoms with van der Waals surface area (Å²) in [6, 6.07) is 4.93. The maximum atomic E-state index is 14.5. The average molecular weight is 470 g/mol. The van der Waals surface area contributed by atoms with Crippen LogP contribution < -0.4 is 10.2 Å². The minimum absolute atomic E-state index is 0.0272. The minimum atomic E-state index is -0.529. The van der Waals surface area contributed by atoms with Crippen molar-refractivity contribution >= 4 is 24.0 Å². The van der Waals surface area contributed by atoms with E-state index in [1.165, 1.54) is 6.20 Å². The van der Waals surface area contributed by atoms with Crippen LogP contribution in [0, 0.1) is 17.7 Å². The smallest absolute Gasteiger partial charge is 0.290 e. The highest BCUT2D eigenvalue weighted by molar-refractivity contribution is 5.89. The molecule has 0 unspecified atom stereocenters. The van der Waals surface area contributed by atoms with Gasteiger partial charge in [0.15, 0.2) is 5.82 Å². The highest BCUT2D eigenvalue weighted by Crippen LogP contribution is 2.43. The van der Waals surface area contributed by atoms with Crippen molar-refractivity contribution in [3.63, 3.8) is 0 Å². The van der Waals surface area contributed by atoms with Gasteiger partial charge in [-0.25, -0.2) is 4.39 Å². The Kier molecular flexibility index (Phi) is 7.34. The lowest BCUT2D eigenvalue weighted by Gasteiger charge is -2.56. The molecule has 2 amide bonds. The fourth-order valence-electron chi connectivity index (χ4n) is 5.61. The Balaban J connectivity index is 0.000000868. The molecule has 5 heterocycles. The second kappa shape index (κ2) is 10.6. The van der Waals surface area contributed by atoms with Gasteiger partial charge in [0.25, 0.3) is 6.47 Å². The zero-order valence-corrected chi connectivity index (χ0v) is 18.7. The number of anilines is 1. The number of fused-ring (bicyclic) bond motifs is 4. The van der Waals surface area contributed by atoms with Crippen molar-refractivity contribution in [2.45, 2.75) is 44.3 Å². The normalized spacial score (nSPS) is 25.5. The fraction of sp³-hybridized carbons (Fsp3) is 0.458. The molecule has 0 aromatic carbocycles. The first kappa shape index (κ1) is 23.6. The Morgan fingerprint density at radius 3 is 2.71 bits per heavy atom. The third-order valence-electron chi connectivity index (χ3n) is 6.89. The third kappa shape index (κ3) is 4.85. The van der Waals surface area contributed by atoms with Crippen LogP contribution in [0.1, 0.15) is 31.2 Å². The van der Waals surface area contributed by atoms with Crippen molar-refractivity contribution in [3.8, 4) is 0 Å². The van der Waals surface area contributed by atoms with Gasteiger partial charge in [-0.05, 0) is 42.9 Å². The third-order valence-corrected chi connectivity index (χ3v) is 6.89. The first-order valence-electron chi connectivity index (χ1n) is 11.4. The van der Waals surface area contributed by atoms with Crippen molar-refractivity contribution in [1.82, 2.24) is 20.2 Å². The van der Waals surface area contributed by atoms with Gasteiger partial charge in [-0.3, -0.25) is 24.4 Å². The first-order valence-corrected chi connectivity index (χ1v) is 11.4. The van der Waals surface area contributed by atoms with Crippen molar-refractivity contribution in [2.75, 3.05) is 18.0 Å². The van der Waals surface area contributed by atoms with E-state index in [0.717, 1.165) is 24.8 Å². The van der Waals surface area contributed by atoms with Crippen LogP contribution in [0.25, 0.3) is 0 Å². The van der Waals surface area contributed by atoms with Crippen LogP contribution in [0.3, 0.4) is 0 Å². The molecule has 0 radical (unpaired) electrons. The molecular formula is C24H28FN5O4. The number of carboxylic acid groups (broad SMARTS) is 1. The number of hydrogen-bond donors (Lipinski definition) is 2. The van der Waals surface area contributed by atoms with Gasteiger partial charge in [-0.1, -0.05) is 6.07 Å². The molecule has 5 rings (SSSR count). The van der Waals surface area contributed by atoms with Gasteiger partial charge >= 0.3 is 0 Å². The van der Waals surface area contributed by atoms with Crippen molar-refractivity contribution < 1.29 is 23.9 Å². The molecule has 10 heteroatoms. The predicted molar refractivity (Wildman–Crippen MR) is 121 cm³/mol. The van der Waals surface area contributed by atoms with E-state index in [0.29, 0.717) is 31.7 Å². The number of piperidine rings is 3. The summed E-state index contributed by atoms with van der Waals surface area (Å²) in [7, 11) is 0. The molecule has 0 saturated carbocycles. The molecule has 2 aromatic heterocycles. The number of halogens is 1. The van der Waals surface area contributed by atoms with Crippen LogP contribution in [-0.2, 0) is 20.9 Å². The predicted octanol–water partition coefficient (Wildman–Crippen LogP) is 1.84. The molecule has 2 bridgehead atoms. The van der Waals surface area contributed by atoms with Crippen LogP contribution in [0.2, 0.25) is 0 Å². The SMILES string of the molecule is O=C(NCc1cccnc1)[C@H]1[C@H]2C[C@H](CN(c3ccncc3F)C2)[C@@H]2CCCC(=O)N21.O=CO. The summed E-state index contributed by atoms with van der Waals surface area (Å²) in [4.78, 5) is 46.5. The van der Waals surface area contributed by atoms with E-state index in [-0.39, 0.29) is 42.0 Å². The van der Waals surface area contributed by atoms with Crippen LogP contribution in [-0.4, -0.2) is 63.4 Å². The molecular weight excluding hydrogens is 441 g/mol. The van der Waals surface area contributed by atoms with E-state index in [2.05, 4.69) is 15.3 Å². The lowest BCUT2D eigenvalue weighted by atomic mass is 9.71. The van der Waals surface area contributed by atoms with E-state index >= 15 is 0 Å². The second-order valence-corrected chi connectivity index (χ2v) is 8.88. The molecule has 0 aliphatic carbocycles. The molecule has 3 aliphatic rings. The molecule has 2 N–H and O–H groups in total. The Hall–Kier alpha value is -3.56. The van der Waals surface area contributed by atoms with Crippen LogP contribution in [0.4, 0.5) is 10.1 Å². The zero-order valence-electron chi connectivity index (χ0n) is 18.7. The molecule has 2 aromatic rings. The Morgan fingerprint density at radius 2 is 1.97 bits per heavy atom. The Morgan fingerprint density at radius 1 is 1.21 bits per heavy atom. The number of amides is 2. The molecule has 9 nitrogen and oxygen atoms in total. The number of carbonyl (C=O) groups excluding carboxylic acids is 2. The van der Waals surface area contributed by atoms with Crippen LogP contribution in [0.15, 0.2) is 43.0 Å². The summed E-state index contributed by atoms with van der Waals surface area (Å²) in [5.74, 6) is -0.228. The number of carbonyl (C=O) groups is 3. The lowest BCUT2D eigenvalue weighted by Crippen LogP contribution is -2.68.